The summed E-state index contributed by atoms with van der Waals surface area (Å²) in [5.74, 6) is 0.735. The van der Waals surface area contributed by atoms with Crippen molar-refractivity contribution in [3.05, 3.63) is 29.0 Å². The summed E-state index contributed by atoms with van der Waals surface area (Å²) in [7, 11) is 1.73. The van der Waals surface area contributed by atoms with Gasteiger partial charge in [0.1, 0.15) is 22.5 Å². The maximum Gasteiger partial charge on any atom is 0.149 e. The predicted molar refractivity (Wildman–Crippen MR) is 81.6 cm³/mol. The number of aromatic nitrogens is 2. The first-order chi connectivity index (χ1) is 9.71. The zero-order valence-electron chi connectivity index (χ0n) is 11.0. The molecule has 4 nitrogen and oxygen atoms in total. The van der Waals surface area contributed by atoms with Crippen molar-refractivity contribution in [1.29, 1.82) is 0 Å². The van der Waals surface area contributed by atoms with Crippen molar-refractivity contribution in [1.82, 2.24) is 9.97 Å². The van der Waals surface area contributed by atoms with E-state index >= 15 is 0 Å². The van der Waals surface area contributed by atoms with E-state index in [-0.39, 0.29) is 6.10 Å². The van der Waals surface area contributed by atoms with Crippen molar-refractivity contribution in [2.75, 3.05) is 7.11 Å². The lowest BCUT2D eigenvalue weighted by molar-refractivity contribution is -0.0376. The molecule has 0 spiro atoms. The first-order valence-corrected chi connectivity index (χ1v) is 7.90. The highest BCUT2D eigenvalue weighted by molar-refractivity contribution is 9.08. The van der Waals surface area contributed by atoms with Crippen molar-refractivity contribution in [3.63, 3.8) is 0 Å². The summed E-state index contributed by atoms with van der Waals surface area (Å²) in [6.07, 6.45) is 4.05. The Morgan fingerprint density at radius 3 is 2.85 bits per heavy atom. The van der Waals surface area contributed by atoms with Crippen molar-refractivity contribution in [3.8, 4) is 5.75 Å². The second-order valence-electron chi connectivity index (χ2n) is 4.81. The van der Waals surface area contributed by atoms with Gasteiger partial charge < -0.3 is 9.47 Å². The van der Waals surface area contributed by atoms with Crippen molar-refractivity contribution in [2.24, 2.45) is 0 Å². The van der Waals surface area contributed by atoms with Crippen LogP contribution in [-0.2, 0) is 10.1 Å². The summed E-state index contributed by atoms with van der Waals surface area (Å²) in [6.45, 7) is 0. The van der Waals surface area contributed by atoms with E-state index in [0.717, 1.165) is 35.2 Å². The van der Waals surface area contributed by atoms with Gasteiger partial charge in [-0.2, -0.15) is 0 Å². The van der Waals surface area contributed by atoms with Crippen molar-refractivity contribution in [2.45, 2.75) is 30.4 Å². The molecule has 0 aromatic carbocycles. The summed E-state index contributed by atoms with van der Waals surface area (Å²) in [5.41, 5.74) is 2.55. The molecule has 1 aliphatic rings. The van der Waals surface area contributed by atoms with Crippen LogP contribution in [0.5, 0.6) is 5.75 Å². The zero-order valence-corrected chi connectivity index (χ0v) is 13.3. The normalized spacial score (nSPS) is 21.8. The van der Waals surface area contributed by atoms with Crippen molar-refractivity contribution >= 4 is 38.6 Å². The van der Waals surface area contributed by atoms with Gasteiger partial charge in [-0.05, 0) is 11.6 Å². The van der Waals surface area contributed by atoms with Crippen LogP contribution in [0, 0.1) is 0 Å². The second-order valence-corrected chi connectivity index (χ2v) is 5.76. The molecule has 1 fully saturated rings. The molecule has 0 bridgehead atoms. The van der Waals surface area contributed by atoms with Crippen LogP contribution >= 0.6 is 27.5 Å². The van der Waals surface area contributed by atoms with Crippen LogP contribution in [0.25, 0.3) is 11.0 Å². The van der Waals surface area contributed by atoms with Crippen LogP contribution in [0.1, 0.15) is 18.4 Å². The number of hydrogen-bond acceptors (Lipinski definition) is 4. The Kier molecular flexibility index (Phi) is 4.10. The SMILES string of the molecule is COC1CC(Oc2ccnc3c(CBr)cc(Cl)nc23)C1. The summed E-state index contributed by atoms with van der Waals surface area (Å²) in [4.78, 5) is 8.74. The molecule has 2 heterocycles. The largest absolute Gasteiger partial charge is 0.488 e. The predicted octanol–water partition coefficient (Wildman–Crippen LogP) is 3.73. The molecule has 20 heavy (non-hydrogen) atoms. The standard InChI is InChI=1S/C14H14BrClN2O2/c1-19-9-5-10(6-9)20-11-2-3-17-13-8(7-15)4-12(16)18-14(11)13/h2-4,9-10H,5-7H2,1H3. The molecule has 106 valence electrons. The van der Waals surface area contributed by atoms with Gasteiger partial charge in [-0.15, -0.1) is 0 Å². The van der Waals surface area contributed by atoms with Crippen LogP contribution in [0.4, 0.5) is 0 Å². The molecule has 0 unspecified atom stereocenters. The van der Waals surface area contributed by atoms with Gasteiger partial charge in [0.15, 0.2) is 0 Å². The lowest BCUT2D eigenvalue weighted by Gasteiger charge is -2.34. The summed E-state index contributed by atoms with van der Waals surface area (Å²) in [5, 5.41) is 1.13. The van der Waals surface area contributed by atoms with Gasteiger partial charge in [0.2, 0.25) is 0 Å². The third-order valence-corrected chi connectivity index (χ3v) is 4.32. The van der Waals surface area contributed by atoms with Crippen LogP contribution in [0.3, 0.4) is 0 Å². The minimum absolute atomic E-state index is 0.179. The van der Waals surface area contributed by atoms with Crippen LogP contribution in [0.2, 0.25) is 5.15 Å². The molecule has 1 saturated carbocycles. The Hall–Kier alpha value is -0.910. The van der Waals surface area contributed by atoms with Gasteiger partial charge in [0.05, 0.1) is 11.6 Å². The number of rotatable bonds is 4. The zero-order chi connectivity index (χ0) is 14.1. The number of alkyl halides is 1. The molecule has 0 saturated heterocycles. The molecule has 3 rings (SSSR count). The third-order valence-electron chi connectivity index (χ3n) is 3.53. The second kappa shape index (κ2) is 5.84. The van der Waals surface area contributed by atoms with Crippen LogP contribution < -0.4 is 4.74 Å². The Balaban J connectivity index is 1.93. The van der Waals surface area contributed by atoms with Gasteiger partial charge >= 0.3 is 0 Å². The first kappa shape index (κ1) is 14.0. The molecule has 1 aliphatic carbocycles. The first-order valence-electron chi connectivity index (χ1n) is 6.40. The average Bonchev–Trinajstić information content (AvgIpc) is 2.41. The number of methoxy groups -OCH3 is 1. The molecular weight excluding hydrogens is 344 g/mol. The monoisotopic (exact) mass is 356 g/mol. The molecule has 2 aromatic heterocycles. The molecule has 2 aromatic rings. The van der Waals surface area contributed by atoms with E-state index in [1.807, 2.05) is 12.1 Å². The summed E-state index contributed by atoms with van der Waals surface area (Å²) >= 11 is 9.52. The highest BCUT2D eigenvalue weighted by Crippen LogP contribution is 2.32. The summed E-state index contributed by atoms with van der Waals surface area (Å²) < 4.78 is 11.3. The van der Waals surface area contributed by atoms with Gasteiger partial charge in [-0.3, -0.25) is 4.98 Å². The fourth-order valence-electron chi connectivity index (χ4n) is 2.31. The highest BCUT2D eigenvalue weighted by atomic mass is 79.9. The lowest BCUT2D eigenvalue weighted by atomic mass is 9.92. The highest BCUT2D eigenvalue weighted by Gasteiger charge is 2.31. The van der Waals surface area contributed by atoms with E-state index < -0.39 is 0 Å². The summed E-state index contributed by atoms with van der Waals surface area (Å²) in [6, 6.07) is 3.66. The van der Waals surface area contributed by atoms with E-state index in [9.17, 15) is 0 Å². The van der Waals surface area contributed by atoms with Crippen LogP contribution in [-0.4, -0.2) is 29.3 Å². The van der Waals surface area contributed by atoms with E-state index in [0.29, 0.717) is 16.6 Å². The smallest absolute Gasteiger partial charge is 0.149 e. The molecule has 0 radical (unpaired) electrons. The molecule has 0 N–H and O–H groups in total. The van der Waals surface area contributed by atoms with E-state index in [4.69, 9.17) is 21.1 Å². The van der Waals surface area contributed by atoms with Crippen LogP contribution in [0.15, 0.2) is 18.3 Å². The minimum Gasteiger partial charge on any atom is -0.488 e. The Morgan fingerprint density at radius 1 is 1.35 bits per heavy atom. The molecule has 0 atom stereocenters. The van der Waals surface area contributed by atoms with E-state index in [2.05, 4.69) is 25.9 Å². The topological polar surface area (TPSA) is 44.2 Å². The Bertz CT molecular complexity index is 632. The number of ether oxygens (including phenoxy) is 2. The molecular formula is C14H14BrClN2O2. The number of pyridine rings is 2. The minimum atomic E-state index is 0.179. The van der Waals surface area contributed by atoms with Gasteiger partial charge in [0, 0.05) is 37.5 Å². The maximum absolute atomic E-state index is 6.07. The number of fused-ring (bicyclic) bond motifs is 1. The van der Waals surface area contributed by atoms with Crippen molar-refractivity contribution < 1.29 is 9.47 Å². The van der Waals surface area contributed by atoms with Gasteiger partial charge in [0.25, 0.3) is 0 Å². The van der Waals surface area contributed by atoms with E-state index in [1.165, 1.54) is 0 Å². The van der Waals surface area contributed by atoms with Gasteiger partial charge in [-0.25, -0.2) is 4.98 Å². The Labute approximate surface area is 130 Å². The maximum atomic E-state index is 6.07. The lowest BCUT2D eigenvalue weighted by Crippen LogP contribution is -2.38. The fourth-order valence-corrected chi connectivity index (χ4v) is 2.96. The van der Waals surface area contributed by atoms with E-state index in [1.54, 1.807) is 13.3 Å². The average molecular weight is 358 g/mol. The number of hydrogen-bond donors (Lipinski definition) is 0. The molecule has 0 aliphatic heterocycles. The van der Waals surface area contributed by atoms with Gasteiger partial charge in [-0.1, -0.05) is 27.5 Å². The number of nitrogens with zero attached hydrogens (tertiary/aromatic N) is 2. The third kappa shape index (κ3) is 2.62. The molecule has 6 heteroatoms. The number of halogens is 2. The molecule has 0 amide bonds. The quantitative estimate of drug-likeness (QED) is 0.618. The fraction of sp³-hybridized carbons (Fsp3) is 0.429. The Morgan fingerprint density at radius 2 is 2.15 bits per heavy atom.